The number of alkyl carbamates (subject to hydrolysis) is 1. The summed E-state index contributed by atoms with van der Waals surface area (Å²) >= 11 is 0. The van der Waals surface area contributed by atoms with Gasteiger partial charge in [0.25, 0.3) is 26.1 Å². The number of nitrogens with zero attached hydrogens (tertiary/aromatic N) is 5. The summed E-state index contributed by atoms with van der Waals surface area (Å²) in [4.78, 5) is 88.2. The van der Waals surface area contributed by atoms with Crippen LogP contribution < -0.4 is 38.6 Å². The van der Waals surface area contributed by atoms with Crippen LogP contribution in [-0.2, 0) is 80.3 Å². The minimum atomic E-state index is -5.35. The number of phosphoric ester groups is 1. The number of anilines is 2. The van der Waals surface area contributed by atoms with E-state index in [-0.39, 0.29) is 96.3 Å². The van der Waals surface area contributed by atoms with Crippen LogP contribution in [0.3, 0.4) is 0 Å². The summed E-state index contributed by atoms with van der Waals surface area (Å²) < 4.78 is 158. The van der Waals surface area contributed by atoms with Crippen molar-refractivity contribution in [1.82, 2.24) is 25.7 Å². The Morgan fingerprint density at radius 1 is 0.938 bits per heavy atom. The Hall–Kier alpha value is -6.62. The monoisotopic (exact) mass is 1500 g/mol. The lowest BCUT2D eigenvalue weighted by molar-refractivity contribution is -0.0598. The Labute approximate surface area is 559 Å². The Morgan fingerprint density at radius 3 is 2.34 bits per heavy atom. The fraction of sp³-hybridized carbons (Fsp3) is 0.451. The van der Waals surface area contributed by atoms with Gasteiger partial charge in [-0.25, -0.2) is 37.6 Å². The quantitative estimate of drug-likeness (QED) is 0.00209. The third-order valence-corrected chi connectivity index (χ3v) is 21.4. The van der Waals surface area contributed by atoms with E-state index in [1.165, 1.54) is 35.2 Å². The average molecular weight is 1500 g/mol. The molecule has 0 radical (unpaired) electrons. The van der Waals surface area contributed by atoms with E-state index in [4.69, 9.17) is 74.4 Å². The van der Waals surface area contributed by atoms with E-state index < -0.39 is 137 Å². The van der Waals surface area contributed by atoms with Gasteiger partial charge in [0, 0.05) is 64.0 Å². The van der Waals surface area contributed by atoms with Gasteiger partial charge in [0.05, 0.1) is 81.1 Å². The first-order chi connectivity index (χ1) is 45.7. The summed E-state index contributed by atoms with van der Waals surface area (Å²) in [5.74, 6) is 2.49. The largest absolute Gasteiger partial charge is 0.479 e. The molecule has 0 saturated carbocycles. The Kier molecular flexibility index (Phi) is 29.8. The highest BCUT2D eigenvalue weighted by Gasteiger charge is 2.41. The SMILES string of the molecule is CC(C)(CCONCCOCCOCCNC(=O)c1ccc(C(=O)O)c(-c2c3ccc(=N)c(S(=O)(=O)O)c-3oc3c(S(=O)(=O)O)c(N)ccc23)c1)SSCOCCCCOC(=O)NCC#Cc1cn(C2C[C@H](OCN=[N+]=[N-])[C@@H](COP(=O)(O)O[PH](=O)OP(=O)(O)O)O2)c(=O)nc1N. The van der Waals surface area contributed by atoms with E-state index in [9.17, 15) is 68.8 Å². The van der Waals surface area contributed by atoms with Gasteiger partial charge in [-0.1, -0.05) is 38.5 Å². The van der Waals surface area contributed by atoms with Gasteiger partial charge in [0.15, 0.2) is 21.1 Å². The maximum absolute atomic E-state index is 13.4. The first-order valence-electron chi connectivity index (χ1n) is 28.1. The van der Waals surface area contributed by atoms with Crippen LogP contribution in [0.4, 0.5) is 16.3 Å². The molecular formula is C51H66N11O28P3S4. The number of aromatic carboxylic acids is 1. The number of aromatic nitrogens is 2. The normalized spacial score (nSPS) is 16.1. The smallest absolute Gasteiger partial charge is 0.478 e. The van der Waals surface area contributed by atoms with E-state index in [0.717, 1.165) is 28.8 Å². The topological polar surface area (TPSA) is 593 Å². The fourth-order valence-electron chi connectivity index (χ4n) is 8.72. The highest BCUT2D eigenvalue weighted by Crippen LogP contribution is 2.58. The number of nitrogen functional groups attached to an aromatic ring is 2. The first-order valence-corrected chi connectivity index (χ1v) is 37.5. The Bertz CT molecular complexity index is 4220. The number of phosphoric acid groups is 2. The molecule has 0 spiro atoms. The molecule has 1 saturated heterocycles. The molecule has 3 unspecified atom stereocenters. The van der Waals surface area contributed by atoms with Crippen LogP contribution in [0.2, 0.25) is 0 Å². The number of hydrogen-bond acceptors (Lipinski definition) is 30. The highest BCUT2D eigenvalue weighted by atomic mass is 33.1. The number of hydrogen-bond donors (Lipinski definition) is 12. The molecule has 0 bridgehead atoms. The van der Waals surface area contributed by atoms with Crippen molar-refractivity contribution >= 4 is 106 Å². The molecule has 532 valence electrons. The molecule has 46 heteroatoms. The zero-order chi connectivity index (χ0) is 71.3. The van der Waals surface area contributed by atoms with Crippen LogP contribution in [0.25, 0.3) is 43.9 Å². The molecule has 1 aromatic heterocycles. The number of amides is 2. The van der Waals surface area contributed by atoms with E-state index in [2.05, 4.69) is 65.4 Å². The first kappa shape index (κ1) is 79.4. The number of fused-ring (bicyclic) bond motifs is 2. The van der Waals surface area contributed by atoms with Crippen LogP contribution in [0, 0.1) is 17.3 Å². The third-order valence-electron chi connectivity index (χ3n) is 13.0. The van der Waals surface area contributed by atoms with Gasteiger partial charge >= 0.3 is 41.7 Å². The number of ether oxygens (including phenoxy) is 6. The van der Waals surface area contributed by atoms with Gasteiger partial charge < -0.3 is 79.6 Å². The van der Waals surface area contributed by atoms with Gasteiger partial charge in [0.1, 0.15) is 30.8 Å². The number of benzene rings is 3. The van der Waals surface area contributed by atoms with Crippen molar-refractivity contribution < 1.29 is 125 Å². The summed E-state index contributed by atoms with van der Waals surface area (Å²) in [6.07, 6.45) is -1.48. The van der Waals surface area contributed by atoms with Crippen molar-refractivity contribution in [2.75, 3.05) is 96.6 Å². The molecule has 2 aliphatic heterocycles. The molecule has 3 aliphatic rings. The molecule has 39 nitrogen and oxygen atoms in total. The zero-order valence-corrected chi connectivity index (χ0v) is 57.0. The van der Waals surface area contributed by atoms with Gasteiger partial charge in [-0.3, -0.25) is 33.0 Å². The molecule has 6 rings (SSSR count). The number of carbonyl (C=O) groups excluding carboxylic acids is 2. The van der Waals surface area contributed by atoms with Gasteiger partial charge in [-0.15, -0.1) is 0 Å². The van der Waals surface area contributed by atoms with Crippen LogP contribution in [0.5, 0.6) is 0 Å². The number of carboxylic acids is 1. The van der Waals surface area contributed by atoms with Crippen molar-refractivity contribution in [2.24, 2.45) is 5.11 Å². The molecule has 97 heavy (non-hydrogen) atoms. The number of nitrogens with one attached hydrogen (secondary N) is 4. The summed E-state index contributed by atoms with van der Waals surface area (Å²) in [6, 6.07) is 7.91. The molecule has 3 heterocycles. The van der Waals surface area contributed by atoms with Gasteiger partial charge in [-0.05, 0) is 86.7 Å². The number of carboxylic acid groups (broad SMARTS) is 1. The number of azide groups is 1. The van der Waals surface area contributed by atoms with E-state index >= 15 is 0 Å². The number of hydroxylamine groups is 1. The lowest BCUT2D eigenvalue weighted by Gasteiger charge is -2.22. The lowest BCUT2D eigenvalue weighted by atomic mass is 9.89. The molecular weight excluding hydrogens is 1440 g/mol. The maximum atomic E-state index is 13.4. The van der Waals surface area contributed by atoms with E-state index in [0.29, 0.717) is 45.0 Å². The Balaban J connectivity index is 0.808. The summed E-state index contributed by atoms with van der Waals surface area (Å²) in [6.45, 7) is 4.49. The molecule has 5 atom stereocenters. The fourth-order valence-corrected chi connectivity index (χ4v) is 15.0. The van der Waals surface area contributed by atoms with Crippen molar-refractivity contribution in [1.29, 1.82) is 5.41 Å². The van der Waals surface area contributed by atoms with Crippen LogP contribution in [0.15, 0.2) is 72.8 Å². The number of carbonyl (C=O) groups is 3. The predicted octanol–water partition coefficient (Wildman–Crippen LogP) is 4.54. The molecule has 14 N–H and O–H groups in total. The standard InChI is InChI=1S/C51H66N11O28P3S4/c1-51(2,95-94-29-82-17-3-4-18-83-50(67)57-14-5-6-31-26-62(49(66)60-46(31)54)40-25-38(84-28-58-61-55)39(87-40)27-86-93(72,73)90-91(68)89-92(69,70)71)13-19-85-59-16-21-81-23-22-80-20-15-56-47(63)30-7-8-32(48(64)65)35(24-30)41-33-9-11-36(52)44(96(74,75)76)42(33)88-43-34(41)10-12-37(53)45(43)97(77,78)79/h7-12,24,26,38-40,52,59,91H,3-4,13-23,25,27-29,53H2,1-2H3,(H,56,63)(H,57,67)(H,64,65)(H,72,73)(H2,54,60,66)(H2,69,70,71)(H,74,75,76)(H,77,78,79)/t38-,39+,40?/m0/s1. The van der Waals surface area contributed by atoms with Crippen LogP contribution >= 0.6 is 45.5 Å². The van der Waals surface area contributed by atoms with Crippen molar-refractivity contribution in [3.63, 3.8) is 0 Å². The molecule has 1 fully saturated rings. The Morgan fingerprint density at radius 2 is 1.65 bits per heavy atom. The highest BCUT2D eigenvalue weighted by molar-refractivity contribution is 8.77. The zero-order valence-electron chi connectivity index (χ0n) is 51.0. The van der Waals surface area contributed by atoms with E-state index in [1.54, 1.807) is 10.8 Å². The van der Waals surface area contributed by atoms with Crippen molar-refractivity contribution in [3.05, 3.63) is 91.6 Å². The number of nitrogens with two attached hydrogens (primary N) is 2. The van der Waals surface area contributed by atoms with Crippen molar-refractivity contribution in [2.45, 2.75) is 72.5 Å². The van der Waals surface area contributed by atoms with E-state index in [1.807, 2.05) is 0 Å². The number of rotatable bonds is 39. The lowest BCUT2D eigenvalue weighted by Crippen LogP contribution is -2.29. The summed E-state index contributed by atoms with van der Waals surface area (Å²) in [5.41, 5.74) is 20.0. The summed E-state index contributed by atoms with van der Waals surface area (Å²) in [5, 5.41) is 25.8. The van der Waals surface area contributed by atoms with Crippen molar-refractivity contribution in [3.8, 4) is 34.3 Å². The average Bonchev–Trinajstić information content (AvgIpc) is 1.18. The van der Waals surface area contributed by atoms with Crippen LogP contribution in [-0.4, -0.2) is 175 Å². The second-order valence-corrected chi connectivity index (χ2v) is 30.3. The molecule has 1 aliphatic carbocycles. The molecule has 2 aromatic carbocycles. The van der Waals surface area contributed by atoms with Gasteiger partial charge in [-0.2, -0.15) is 21.8 Å². The summed E-state index contributed by atoms with van der Waals surface area (Å²) in [7, 11) is -22.2. The minimum Gasteiger partial charge on any atom is -0.478 e. The van der Waals surface area contributed by atoms with Crippen LogP contribution in [0.1, 0.15) is 72.0 Å². The second kappa shape index (κ2) is 36.5. The molecule has 3 aromatic rings. The maximum Gasteiger partial charge on any atom is 0.479 e. The second-order valence-electron chi connectivity index (χ2n) is 20.5. The van der Waals surface area contributed by atoms with Gasteiger partial charge in [0.2, 0.25) is 0 Å². The predicted molar refractivity (Wildman–Crippen MR) is 343 cm³/mol. The molecule has 2 amide bonds. The minimum absolute atomic E-state index is 0.00427. The third kappa shape index (κ3) is 24.7. The number of unbranched alkanes of at least 4 members (excludes halogenated alkanes) is 1.